The summed E-state index contributed by atoms with van der Waals surface area (Å²) in [7, 11) is 0. The van der Waals surface area contributed by atoms with E-state index in [-0.39, 0.29) is 6.61 Å². The highest BCUT2D eigenvalue weighted by molar-refractivity contribution is 5.40. The highest BCUT2D eigenvalue weighted by Crippen LogP contribution is 2.60. The van der Waals surface area contributed by atoms with Gasteiger partial charge in [-0.15, -0.1) is 0 Å². The van der Waals surface area contributed by atoms with E-state index in [1.54, 1.807) is 0 Å². The normalized spacial score (nSPS) is 37.1. The minimum absolute atomic E-state index is 0.0269. The molecule has 0 saturated heterocycles. The summed E-state index contributed by atoms with van der Waals surface area (Å²) in [4.78, 5) is 0. The Kier molecular flexibility index (Phi) is 9.84. The first-order valence-electron chi connectivity index (χ1n) is 13.9. The van der Waals surface area contributed by atoms with Gasteiger partial charge in [-0.2, -0.15) is 0 Å². The lowest BCUT2D eigenvalue weighted by molar-refractivity contribution is -0.0968. The quantitative estimate of drug-likeness (QED) is 0.321. The van der Waals surface area contributed by atoms with Gasteiger partial charge in [-0.1, -0.05) is 51.0 Å². The number of aliphatic hydroxyl groups is 4. The number of ether oxygens (including phenoxy) is 1. The molecule has 3 fully saturated rings. The van der Waals surface area contributed by atoms with Crippen molar-refractivity contribution in [3.05, 3.63) is 35.5 Å². The molecular weight excluding hydrogens is 440 g/mol. The lowest BCUT2D eigenvalue weighted by Gasteiger charge is -2.44. The minimum atomic E-state index is -0.931. The fraction of sp³-hybridized carbons (Fsp3) is 0.800. The molecule has 0 spiro atoms. The number of hydrogen-bond acceptors (Lipinski definition) is 5. The van der Waals surface area contributed by atoms with E-state index >= 15 is 0 Å². The summed E-state index contributed by atoms with van der Waals surface area (Å²) in [5.41, 5.74) is 2.79. The van der Waals surface area contributed by atoms with E-state index in [0.29, 0.717) is 42.3 Å². The predicted molar refractivity (Wildman–Crippen MR) is 141 cm³/mol. The van der Waals surface area contributed by atoms with Crippen molar-refractivity contribution in [1.29, 1.82) is 0 Å². The number of aliphatic hydroxyl groups excluding tert-OH is 3. The summed E-state index contributed by atoms with van der Waals surface area (Å²) in [6.45, 7) is 13.2. The Bertz CT molecular complexity index is 778. The van der Waals surface area contributed by atoms with Crippen LogP contribution in [-0.2, 0) is 4.74 Å². The van der Waals surface area contributed by atoms with Gasteiger partial charge in [-0.3, -0.25) is 0 Å². The van der Waals surface area contributed by atoms with Crippen LogP contribution in [-0.4, -0.2) is 57.6 Å². The van der Waals surface area contributed by atoms with Crippen LogP contribution in [0.5, 0.6) is 0 Å². The second-order valence-electron chi connectivity index (χ2n) is 12.4. The average Bonchev–Trinajstić information content (AvgIpc) is 3.14. The highest BCUT2D eigenvalue weighted by Gasteiger charge is 2.50. The topological polar surface area (TPSA) is 90.2 Å². The van der Waals surface area contributed by atoms with Crippen LogP contribution in [0.15, 0.2) is 35.5 Å². The molecule has 7 atom stereocenters. The van der Waals surface area contributed by atoms with Gasteiger partial charge in [0.2, 0.25) is 0 Å². The standard InChI is InChI=1S/C30H50O5/c1-20(9-6-15-29(3,4)34)24-13-14-25-22(10-7-16-30(24,25)5)11-12-23-19-26(32)28(27(33)21(23)2)35-18-8-17-31/h11-12,20,24-28,31-34H,2,6-10,13-19H2,1,3-5H3/b22-11?,23-12-/t20-,24-,25+,26-,27-,28-,30-/m1/s1. The van der Waals surface area contributed by atoms with Crippen molar-refractivity contribution >= 4 is 0 Å². The molecule has 35 heavy (non-hydrogen) atoms. The van der Waals surface area contributed by atoms with E-state index in [0.717, 1.165) is 30.8 Å². The van der Waals surface area contributed by atoms with Crippen LogP contribution in [0.2, 0.25) is 0 Å². The van der Waals surface area contributed by atoms with Crippen molar-refractivity contribution in [3.63, 3.8) is 0 Å². The molecule has 0 aromatic heterocycles. The third-order valence-electron chi connectivity index (χ3n) is 9.17. The first-order valence-corrected chi connectivity index (χ1v) is 13.9. The minimum Gasteiger partial charge on any atom is -0.396 e. The fourth-order valence-electron chi connectivity index (χ4n) is 7.21. The SMILES string of the molecule is C=C1/C(=C\C=C2CCC[C@]3(C)[C@@H]([C@H](C)CCCC(C)(C)O)CC[C@@H]23)C[C@@H](O)[C@@H](OCCCO)[C@@H]1O. The summed E-state index contributed by atoms with van der Waals surface area (Å²) >= 11 is 0. The van der Waals surface area contributed by atoms with E-state index < -0.39 is 23.9 Å². The number of rotatable bonds is 10. The van der Waals surface area contributed by atoms with Crippen molar-refractivity contribution < 1.29 is 25.2 Å². The molecule has 0 unspecified atom stereocenters. The second kappa shape index (κ2) is 12.0. The zero-order chi connectivity index (χ0) is 25.8. The zero-order valence-electron chi connectivity index (χ0n) is 22.5. The smallest absolute Gasteiger partial charge is 0.114 e. The second-order valence-corrected chi connectivity index (χ2v) is 12.4. The maximum absolute atomic E-state index is 10.7. The summed E-state index contributed by atoms with van der Waals surface area (Å²) in [6.07, 6.45) is 12.1. The predicted octanol–water partition coefficient (Wildman–Crippen LogP) is 5.08. The number of fused-ring (bicyclic) bond motifs is 1. The summed E-state index contributed by atoms with van der Waals surface area (Å²) < 4.78 is 5.63. The summed E-state index contributed by atoms with van der Waals surface area (Å²) in [6, 6.07) is 0. The van der Waals surface area contributed by atoms with Gasteiger partial charge in [-0.25, -0.2) is 0 Å². The first kappa shape index (κ1) is 28.6. The van der Waals surface area contributed by atoms with E-state index in [1.165, 1.54) is 37.7 Å². The molecule has 4 N–H and O–H groups in total. The fourth-order valence-corrected chi connectivity index (χ4v) is 7.21. The molecule has 0 aromatic rings. The van der Waals surface area contributed by atoms with Crippen LogP contribution in [0.1, 0.15) is 91.9 Å². The summed E-state index contributed by atoms with van der Waals surface area (Å²) in [5.74, 6) is 1.98. The van der Waals surface area contributed by atoms with Gasteiger partial charge in [0.1, 0.15) is 12.2 Å². The Hall–Kier alpha value is -0.980. The Labute approximate surface area is 213 Å². The molecular formula is C30H50O5. The maximum Gasteiger partial charge on any atom is 0.114 e. The van der Waals surface area contributed by atoms with Crippen molar-refractivity contribution in [2.24, 2.45) is 23.2 Å². The van der Waals surface area contributed by atoms with Crippen LogP contribution in [0.25, 0.3) is 0 Å². The molecule has 0 radical (unpaired) electrons. The molecule has 3 aliphatic rings. The monoisotopic (exact) mass is 490 g/mol. The molecule has 3 aliphatic carbocycles. The molecule has 0 bridgehead atoms. The van der Waals surface area contributed by atoms with Crippen molar-refractivity contribution in [1.82, 2.24) is 0 Å². The van der Waals surface area contributed by atoms with Crippen LogP contribution < -0.4 is 0 Å². The largest absolute Gasteiger partial charge is 0.396 e. The molecule has 200 valence electrons. The average molecular weight is 491 g/mol. The zero-order valence-corrected chi connectivity index (χ0v) is 22.5. The van der Waals surface area contributed by atoms with Gasteiger partial charge in [0.15, 0.2) is 0 Å². The first-order chi connectivity index (χ1) is 16.5. The molecule has 0 amide bonds. The van der Waals surface area contributed by atoms with Gasteiger partial charge >= 0.3 is 0 Å². The van der Waals surface area contributed by atoms with Gasteiger partial charge < -0.3 is 25.2 Å². The van der Waals surface area contributed by atoms with E-state index in [4.69, 9.17) is 9.84 Å². The Balaban J connectivity index is 1.67. The van der Waals surface area contributed by atoms with Crippen LogP contribution in [0.3, 0.4) is 0 Å². The van der Waals surface area contributed by atoms with Gasteiger partial charge in [0, 0.05) is 19.6 Å². The van der Waals surface area contributed by atoms with Gasteiger partial charge in [-0.05, 0) is 93.1 Å². The van der Waals surface area contributed by atoms with Crippen LogP contribution in [0.4, 0.5) is 0 Å². The number of allylic oxidation sites excluding steroid dienone is 3. The third-order valence-corrected chi connectivity index (χ3v) is 9.17. The van der Waals surface area contributed by atoms with Crippen LogP contribution in [0, 0.1) is 23.2 Å². The van der Waals surface area contributed by atoms with Crippen molar-refractivity contribution in [2.75, 3.05) is 13.2 Å². The Morgan fingerprint density at radius 1 is 1.20 bits per heavy atom. The van der Waals surface area contributed by atoms with E-state index in [9.17, 15) is 15.3 Å². The molecule has 0 heterocycles. The molecule has 5 nitrogen and oxygen atoms in total. The van der Waals surface area contributed by atoms with Gasteiger partial charge in [0.05, 0.1) is 11.7 Å². The third kappa shape index (κ3) is 6.87. The molecule has 5 heteroatoms. The molecule has 3 rings (SSSR count). The Morgan fingerprint density at radius 2 is 1.94 bits per heavy atom. The Morgan fingerprint density at radius 3 is 2.63 bits per heavy atom. The van der Waals surface area contributed by atoms with Crippen molar-refractivity contribution in [2.45, 2.75) is 116 Å². The lowest BCUT2D eigenvalue weighted by Crippen LogP contribution is -2.45. The summed E-state index contributed by atoms with van der Waals surface area (Å²) in [5, 5.41) is 40.4. The maximum atomic E-state index is 10.7. The van der Waals surface area contributed by atoms with E-state index in [1.807, 2.05) is 13.8 Å². The molecule has 0 aliphatic heterocycles. The molecule has 0 aromatic carbocycles. The van der Waals surface area contributed by atoms with Crippen LogP contribution >= 0.6 is 0 Å². The lowest BCUT2D eigenvalue weighted by atomic mass is 9.60. The van der Waals surface area contributed by atoms with Crippen molar-refractivity contribution in [3.8, 4) is 0 Å². The molecule has 3 saturated carbocycles. The highest BCUT2D eigenvalue weighted by atomic mass is 16.5. The number of hydrogen-bond donors (Lipinski definition) is 4. The van der Waals surface area contributed by atoms with Gasteiger partial charge in [0.25, 0.3) is 0 Å². The van der Waals surface area contributed by atoms with E-state index in [2.05, 4.69) is 32.6 Å².